The van der Waals surface area contributed by atoms with Gasteiger partial charge in [0.25, 0.3) is 0 Å². The number of methoxy groups -OCH3 is 1. The quantitative estimate of drug-likeness (QED) is 0.646. The van der Waals surface area contributed by atoms with Crippen molar-refractivity contribution in [3.63, 3.8) is 0 Å². The molecule has 0 saturated carbocycles. The third-order valence-corrected chi connectivity index (χ3v) is 2.30. The number of nitrogens with one attached hydrogen (secondary N) is 2. The Hall–Kier alpha value is -0.610. The van der Waals surface area contributed by atoms with E-state index in [2.05, 4.69) is 17.6 Å². The van der Waals surface area contributed by atoms with Gasteiger partial charge in [0.15, 0.2) is 0 Å². The van der Waals surface area contributed by atoms with Crippen molar-refractivity contribution in [3.8, 4) is 0 Å². The van der Waals surface area contributed by atoms with Crippen LogP contribution in [0.5, 0.6) is 0 Å². The molecule has 0 aromatic heterocycles. The van der Waals surface area contributed by atoms with Gasteiger partial charge >= 0.3 is 0 Å². The Morgan fingerprint density at radius 1 is 1.62 bits per heavy atom. The maximum absolute atomic E-state index is 11.1. The van der Waals surface area contributed by atoms with Gasteiger partial charge in [0.1, 0.15) is 6.61 Å². The average Bonchev–Trinajstić information content (AvgIpc) is 2.09. The van der Waals surface area contributed by atoms with Crippen molar-refractivity contribution in [3.05, 3.63) is 0 Å². The van der Waals surface area contributed by atoms with Crippen LogP contribution in [0.15, 0.2) is 0 Å². The summed E-state index contributed by atoms with van der Waals surface area (Å²) in [5.74, 6) is -0.0242. The predicted molar refractivity (Wildman–Crippen MR) is 50.5 cm³/mol. The van der Waals surface area contributed by atoms with Crippen molar-refractivity contribution in [2.45, 2.75) is 31.8 Å². The molecule has 76 valence electrons. The molecular weight excluding hydrogens is 168 g/mol. The SMILES string of the molecule is COCC(=O)NC1CCC(C)NC1. The summed E-state index contributed by atoms with van der Waals surface area (Å²) in [6.45, 7) is 3.19. The fourth-order valence-electron chi connectivity index (χ4n) is 1.52. The Bertz CT molecular complexity index is 165. The second-order valence-corrected chi connectivity index (χ2v) is 3.58. The van der Waals surface area contributed by atoms with Gasteiger partial charge in [-0.05, 0) is 19.8 Å². The highest BCUT2D eigenvalue weighted by Crippen LogP contribution is 2.06. The summed E-state index contributed by atoms with van der Waals surface area (Å²) in [4.78, 5) is 11.1. The van der Waals surface area contributed by atoms with Crippen molar-refractivity contribution < 1.29 is 9.53 Å². The van der Waals surface area contributed by atoms with Crippen LogP contribution >= 0.6 is 0 Å². The van der Waals surface area contributed by atoms with Crippen molar-refractivity contribution in [2.24, 2.45) is 0 Å². The smallest absolute Gasteiger partial charge is 0.246 e. The normalized spacial score (nSPS) is 28.5. The first-order valence-electron chi connectivity index (χ1n) is 4.74. The first kappa shape index (κ1) is 10.5. The van der Waals surface area contributed by atoms with Gasteiger partial charge in [-0.2, -0.15) is 0 Å². The lowest BCUT2D eigenvalue weighted by molar-refractivity contribution is -0.125. The van der Waals surface area contributed by atoms with Crippen LogP contribution in [-0.2, 0) is 9.53 Å². The lowest BCUT2D eigenvalue weighted by Gasteiger charge is -2.28. The highest BCUT2D eigenvalue weighted by atomic mass is 16.5. The van der Waals surface area contributed by atoms with Gasteiger partial charge in [-0.25, -0.2) is 0 Å². The number of carbonyl (C=O) groups excluding carboxylic acids is 1. The summed E-state index contributed by atoms with van der Waals surface area (Å²) in [5.41, 5.74) is 0. The topological polar surface area (TPSA) is 50.4 Å². The monoisotopic (exact) mass is 186 g/mol. The zero-order chi connectivity index (χ0) is 9.68. The Labute approximate surface area is 79.0 Å². The largest absolute Gasteiger partial charge is 0.375 e. The minimum absolute atomic E-state index is 0.0242. The van der Waals surface area contributed by atoms with E-state index in [1.807, 2.05) is 0 Å². The van der Waals surface area contributed by atoms with Crippen LogP contribution in [0.1, 0.15) is 19.8 Å². The highest BCUT2D eigenvalue weighted by Gasteiger charge is 2.18. The summed E-state index contributed by atoms with van der Waals surface area (Å²) in [6.07, 6.45) is 2.18. The average molecular weight is 186 g/mol. The molecule has 0 aromatic carbocycles. The fraction of sp³-hybridized carbons (Fsp3) is 0.889. The van der Waals surface area contributed by atoms with Crippen molar-refractivity contribution in [1.82, 2.24) is 10.6 Å². The molecule has 1 aliphatic heterocycles. The molecule has 1 amide bonds. The van der Waals surface area contributed by atoms with E-state index in [9.17, 15) is 4.79 Å². The van der Waals surface area contributed by atoms with Gasteiger partial charge in [-0.15, -0.1) is 0 Å². The lowest BCUT2D eigenvalue weighted by Crippen LogP contribution is -2.49. The number of carbonyl (C=O) groups is 1. The van der Waals surface area contributed by atoms with Gasteiger partial charge < -0.3 is 15.4 Å². The van der Waals surface area contributed by atoms with Gasteiger partial charge in [-0.1, -0.05) is 0 Å². The zero-order valence-electron chi connectivity index (χ0n) is 8.30. The van der Waals surface area contributed by atoms with E-state index in [-0.39, 0.29) is 18.6 Å². The number of hydrogen-bond donors (Lipinski definition) is 2. The molecule has 1 aliphatic rings. The van der Waals surface area contributed by atoms with Gasteiger partial charge in [0, 0.05) is 25.7 Å². The standard InChI is InChI=1S/C9H18N2O2/c1-7-3-4-8(5-10-7)11-9(12)6-13-2/h7-8,10H,3-6H2,1-2H3,(H,11,12). The number of piperidine rings is 1. The molecule has 4 heteroatoms. The fourth-order valence-corrected chi connectivity index (χ4v) is 1.52. The first-order chi connectivity index (χ1) is 6.22. The van der Waals surface area contributed by atoms with Crippen molar-refractivity contribution in [1.29, 1.82) is 0 Å². The Morgan fingerprint density at radius 3 is 2.92 bits per heavy atom. The summed E-state index contributed by atoms with van der Waals surface area (Å²) in [6, 6.07) is 0.856. The molecule has 4 nitrogen and oxygen atoms in total. The predicted octanol–water partition coefficient (Wildman–Crippen LogP) is -0.110. The van der Waals surface area contributed by atoms with E-state index in [0.717, 1.165) is 19.4 Å². The Morgan fingerprint density at radius 2 is 2.38 bits per heavy atom. The lowest BCUT2D eigenvalue weighted by atomic mass is 10.0. The van der Waals surface area contributed by atoms with Crippen LogP contribution in [0.25, 0.3) is 0 Å². The van der Waals surface area contributed by atoms with E-state index in [0.29, 0.717) is 6.04 Å². The molecule has 0 radical (unpaired) electrons. The molecule has 0 aromatic rings. The van der Waals surface area contributed by atoms with Crippen LogP contribution in [0.2, 0.25) is 0 Å². The van der Waals surface area contributed by atoms with E-state index >= 15 is 0 Å². The minimum atomic E-state index is -0.0242. The second kappa shape index (κ2) is 5.19. The van der Waals surface area contributed by atoms with Crippen LogP contribution in [0.4, 0.5) is 0 Å². The molecule has 13 heavy (non-hydrogen) atoms. The van der Waals surface area contributed by atoms with Crippen molar-refractivity contribution >= 4 is 5.91 Å². The maximum Gasteiger partial charge on any atom is 0.246 e. The van der Waals surface area contributed by atoms with Crippen LogP contribution in [0, 0.1) is 0 Å². The molecule has 0 spiro atoms. The number of rotatable bonds is 3. The molecule has 1 saturated heterocycles. The molecule has 1 rings (SSSR count). The van der Waals surface area contributed by atoms with Crippen LogP contribution in [-0.4, -0.2) is 38.3 Å². The van der Waals surface area contributed by atoms with Crippen LogP contribution in [0.3, 0.4) is 0 Å². The molecule has 2 N–H and O–H groups in total. The van der Waals surface area contributed by atoms with Gasteiger partial charge in [0.2, 0.25) is 5.91 Å². The third-order valence-electron chi connectivity index (χ3n) is 2.30. The summed E-state index contributed by atoms with van der Waals surface area (Å²) < 4.78 is 4.73. The minimum Gasteiger partial charge on any atom is -0.375 e. The molecule has 2 unspecified atom stereocenters. The molecule has 1 heterocycles. The van der Waals surface area contributed by atoms with Gasteiger partial charge in [0.05, 0.1) is 0 Å². The molecule has 2 atom stereocenters. The molecule has 0 bridgehead atoms. The zero-order valence-corrected chi connectivity index (χ0v) is 8.30. The summed E-state index contributed by atoms with van der Waals surface area (Å²) >= 11 is 0. The molecular formula is C9H18N2O2. The van der Waals surface area contributed by atoms with Gasteiger partial charge in [-0.3, -0.25) is 4.79 Å². The Kier molecular flexibility index (Phi) is 4.18. The van der Waals surface area contributed by atoms with E-state index in [1.54, 1.807) is 0 Å². The first-order valence-corrected chi connectivity index (χ1v) is 4.74. The highest BCUT2D eigenvalue weighted by molar-refractivity contribution is 5.77. The summed E-state index contributed by atoms with van der Waals surface area (Å²) in [7, 11) is 1.53. The third kappa shape index (κ3) is 3.74. The van der Waals surface area contributed by atoms with E-state index < -0.39 is 0 Å². The molecule has 0 aliphatic carbocycles. The van der Waals surface area contributed by atoms with Crippen molar-refractivity contribution in [2.75, 3.05) is 20.3 Å². The summed E-state index contributed by atoms with van der Waals surface area (Å²) in [5, 5.41) is 6.24. The Balaban J connectivity index is 2.18. The number of amides is 1. The number of hydrogen-bond acceptors (Lipinski definition) is 3. The maximum atomic E-state index is 11.1. The second-order valence-electron chi connectivity index (χ2n) is 3.58. The van der Waals surface area contributed by atoms with E-state index in [1.165, 1.54) is 7.11 Å². The van der Waals surface area contributed by atoms with E-state index in [4.69, 9.17) is 4.74 Å². The van der Waals surface area contributed by atoms with Crippen LogP contribution < -0.4 is 10.6 Å². The molecule has 1 fully saturated rings. The number of ether oxygens (including phenoxy) is 1.